The predicted octanol–water partition coefficient (Wildman–Crippen LogP) is 10.5. The zero-order chi connectivity index (χ0) is 26.5. The van der Waals surface area contributed by atoms with Crippen LogP contribution in [-0.4, -0.2) is 19.9 Å². The zero-order valence-corrected chi connectivity index (χ0v) is 23.8. The highest BCUT2D eigenvalue weighted by atomic mass is 35.5. The van der Waals surface area contributed by atoms with E-state index in [9.17, 15) is 0 Å². The van der Waals surface area contributed by atoms with Crippen LogP contribution in [-0.2, 0) is 0 Å². The molecule has 0 aliphatic carbocycles. The van der Waals surface area contributed by atoms with Crippen LogP contribution in [0.15, 0.2) is 91.0 Å². The molecule has 0 atom stereocenters. The standard InChI is InChI=1S/C20H11ClN2S.C10H4Cl2N2S/c21-20-22-17(14-10-5-7-12-6-1-2-8-13(12)14)19-18(23-20)15-9-3-4-11-16(15)24-19;11-9-8-7(13-10(12)14-9)5-3-1-2-4-6(5)15-8/h1-11H;1-4H. The van der Waals surface area contributed by atoms with Gasteiger partial charge in [-0.05, 0) is 46.1 Å². The summed E-state index contributed by atoms with van der Waals surface area (Å²) in [4.78, 5) is 17.2. The van der Waals surface area contributed by atoms with Crippen LogP contribution in [0.2, 0.25) is 15.7 Å². The third kappa shape index (κ3) is 4.39. The van der Waals surface area contributed by atoms with Gasteiger partial charge in [0.25, 0.3) is 0 Å². The molecule has 0 saturated carbocycles. The van der Waals surface area contributed by atoms with Crippen molar-refractivity contribution in [3.05, 3.63) is 107 Å². The summed E-state index contributed by atoms with van der Waals surface area (Å²) in [6.45, 7) is 0. The minimum atomic E-state index is 0.191. The van der Waals surface area contributed by atoms with Gasteiger partial charge in [0.05, 0.1) is 26.1 Å². The largest absolute Gasteiger partial charge is 0.224 e. The molecule has 0 N–H and O–H groups in total. The van der Waals surface area contributed by atoms with Gasteiger partial charge >= 0.3 is 0 Å². The molecule has 0 unspecified atom stereocenters. The van der Waals surface area contributed by atoms with E-state index in [1.807, 2.05) is 42.5 Å². The lowest BCUT2D eigenvalue weighted by Gasteiger charge is -2.07. The number of fused-ring (bicyclic) bond motifs is 7. The normalized spacial score (nSPS) is 11.5. The fraction of sp³-hybridized carbons (Fsp3) is 0. The van der Waals surface area contributed by atoms with E-state index in [2.05, 4.69) is 68.5 Å². The van der Waals surface area contributed by atoms with Gasteiger partial charge in [0.2, 0.25) is 10.6 Å². The van der Waals surface area contributed by atoms with Crippen LogP contribution in [0.4, 0.5) is 0 Å². The highest BCUT2D eigenvalue weighted by Gasteiger charge is 2.16. The second kappa shape index (κ2) is 9.97. The van der Waals surface area contributed by atoms with Crippen molar-refractivity contribution in [1.29, 1.82) is 0 Å². The number of aromatic nitrogens is 4. The van der Waals surface area contributed by atoms with Crippen molar-refractivity contribution in [2.75, 3.05) is 0 Å². The lowest BCUT2D eigenvalue weighted by molar-refractivity contribution is 1.23. The van der Waals surface area contributed by atoms with E-state index >= 15 is 0 Å². The molecule has 4 nitrogen and oxygen atoms in total. The van der Waals surface area contributed by atoms with Gasteiger partial charge in [0.1, 0.15) is 0 Å². The van der Waals surface area contributed by atoms with Crippen LogP contribution in [0.25, 0.3) is 62.6 Å². The van der Waals surface area contributed by atoms with Crippen LogP contribution < -0.4 is 0 Å². The summed E-state index contributed by atoms with van der Waals surface area (Å²) in [6, 6.07) is 30.9. The third-order valence-electron chi connectivity index (χ3n) is 6.39. The quantitative estimate of drug-likeness (QED) is 0.139. The second-order valence-electron chi connectivity index (χ2n) is 8.70. The monoisotopic (exact) mass is 600 g/mol. The summed E-state index contributed by atoms with van der Waals surface area (Å²) in [6.07, 6.45) is 0. The van der Waals surface area contributed by atoms with Gasteiger partial charge in [-0.3, -0.25) is 0 Å². The Morgan fingerprint density at radius 2 is 1.03 bits per heavy atom. The van der Waals surface area contributed by atoms with Gasteiger partial charge in [-0.1, -0.05) is 90.5 Å². The van der Waals surface area contributed by atoms with E-state index in [0.29, 0.717) is 5.15 Å². The number of nitrogens with zero attached hydrogens (tertiary/aromatic N) is 4. The van der Waals surface area contributed by atoms with Crippen molar-refractivity contribution in [3.8, 4) is 11.3 Å². The lowest BCUT2D eigenvalue weighted by atomic mass is 10.0. The average molecular weight is 602 g/mol. The summed E-state index contributed by atoms with van der Waals surface area (Å²) in [5.74, 6) is 0. The molecular weight excluding hydrogens is 587 g/mol. The second-order valence-corrected chi connectivity index (χ2v) is 11.8. The SMILES string of the molecule is Clc1nc(-c2cccc3ccccc23)c2sc3ccccc3c2n1.Clc1nc(Cl)c2sc3ccccc3c2n1. The van der Waals surface area contributed by atoms with Crippen LogP contribution >= 0.6 is 57.5 Å². The Kier molecular flexibility index (Phi) is 6.30. The molecule has 0 amide bonds. The molecule has 0 aliphatic heterocycles. The highest BCUT2D eigenvalue weighted by Crippen LogP contribution is 2.40. The minimum absolute atomic E-state index is 0.191. The van der Waals surface area contributed by atoms with E-state index in [1.54, 1.807) is 22.7 Å². The smallest absolute Gasteiger partial charge is 0.216 e. The zero-order valence-electron chi connectivity index (χ0n) is 19.9. The topological polar surface area (TPSA) is 51.6 Å². The first-order valence-electron chi connectivity index (χ1n) is 11.9. The number of thiophene rings is 2. The summed E-state index contributed by atoms with van der Waals surface area (Å²) in [5.41, 5.74) is 3.76. The van der Waals surface area contributed by atoms with E-state index in [4.69, 9.17) is 34.8 Å². The Morgan fingerprint density at radius 1 is 0.487 bits per heavy atom. The molecule has 0 bridgehead atoms. The summed E-state index contributed by atoms with van der Waals surface area (Å²) >= 11 is 21.4. The molecular formula is C30H15Cl3N4S2. The first kappa shape index (κ1) is 24.6. The molecule has 0 radical (unpaired) electrons. The van der Waals surface area contributed by atoms with E-state index in [1.165, 1.54) is 15.5 Å². The Balaban J connectivity index is 0.000000145. The molecule has 8 rings (SSSR count). The maximum absolute atomic E-state index is 6.26. The number of hydrogen-bond acceptors (Lipinski definition) is 6. The number of halogens is 3. The molecule has 4 aromatic heterocycles. The van der Waals surface area contributed by atoms with E-state index in [-0.39, 0.29) is 10.6 Å². The van der Waals surface area contributed by atoms with Crippen LogP contribution in [0, 0.1) is 0 Å². The Morgan fingerprint density at radius 3 is 1.74 bits per heavy atom. The minimum Gasteiger partial charge on any atom is -0.216 e. The third-order valence-corrected chi connectivity index (χ3v) is 9.45. The van der Waals surface area contributed by atoms with Gasteiger partial charge in [-0.15, -0.1) is 22.7 Å². The van der Waals surface area contributed by atoms with Crippen LogP contribution in [0.5, 0.6) is 0 Å². The molecule has 0 aliphatic rings. The van der Waals surface area contributed by atoms with Crippen LogP contribution in [0.3, 0.4) is 0 Å². The number of benzene rings is 4. The van der Waals surface area contributed by atoms with E-state index in [0.717, 1.165) is 47.2 Å². The van der Waals surface area contributed by atoms with Gasteiger partial charge in [-0.2, -0.15) is 0 Å². The fourth-order valence-corrected chi connectivity index (χ4v) is 7.55. The van der Waals surface area contributed by atoms with Crippen molar-refractivity contribution in [1.82, 2.24) is 19.9 Å². The molecule has 4 aromatic carbocycles. The Labute approximate surface area is 245 Å². The van der Waals surface area contributed by atoms with E-state index < -0.39 is 0 Å². The average Bonchev–Trinajstić information content (AvgIpc) is 3.52. The van der Waals surface area contributed by atoms with Crippen molar-refractivity contribution >= 4 is 109 Å². The van der Waals surface area contributed by atoms with Crippen molar-refractivity contribution in [2.45, 2.75) is 0 Å². The van der Waals surface area contributed by atoms with Gasteiger partial charge in [0, 0.05) is 25.7 Å². The molecule has 0 saturated heterocycles. The lowest BCUT2D eigenvalue weighted by Crippen LogP contribution is -1.90. The predicted molar refractivity (Wildman–Crippen MR) is 168 cm³/mol. The van der Waals surface area contributed by atoms with Crippen molar-refractivity contribution < 1.29 is 0 Å². The maximum Gasteiger partial charge on any atom is 0.224 e. The highest BCUT2D eigenvalue weighted by molar-refractivity contribution is 7.26. The molecule has 4 heterocycles. The number of rotatable bonds is 1. The molecule has 0 spiro atoms. The van der Waals surface area contributed by atoms with Crippen LogP contribution in [0.1, 0.15) is 0 Å². The van der Waals surface area contributed by atoms with Gasteiger partial charge < -0.3 is 0 Å². The van der Waals surface area contributed by atoms with Crippen molar-refractivity contribution in [2.24, 2.45) is 0 Å². The fourth-order valence-electron chi connectivity index (χ4n) is 4.71. The Hall–Kier alpha value is -3.39. The molecule has 39 heavy (non-hydrogen) atoms. The molecule has 188 valence electrons. The summed E-state index contributed by atoms with van der Waals surface area (Å²) in [7, 11) is 0. The summed E-state index contributed by atoms with van der Waals surface area (Å²) < 4.78 is 4.32. The molecule has 0 fully saturated rings. The maximum atomic E-state index is 6.26. The first-order chi connectivity index (χ1) is 19.1. The number of hydrogen-bond donors (Lipinski definition) is 0. The molecule has 9 heteroatoms. The molecule has 8 aromatic rings. The van der Waals surface area contributed by atoms with Crippen molar-refractivity contribution in [3.63, 3.8) is 0 Å². The van der Waals surface area contributed by atoms with Gasteiger partial charge in [-0.25, -0.2) is 19.9 Å². The Bertz CT molecular complexity index is 2180. The summed E-state index contributed by atoms with van der Waals surface area (Å²) in [5, 5.41) is 5.47. The first-order valence-corrected chi connectivity index (χ1v) is 14.7. The van der Waals surface area contributed by atoms with Gasteiger partial charge in [0.15, 0.2) is 5.15 Å².